The fourth-order valence-electron chi connectivity index (χ4n) is 2.78. The van der Waals surface area contributed by atoms with Crippen molar-refractivity contribution in [3.05, 3.63) is 23.9 Å². The number of aromatic nitrogens is 1. The van der Waals surface area contributed by atoms with Crippen LogP contribution in [0.2, 0.25) is 0 Å². The number of pyridine rings is 1. The molecule has 1 amide bonds. The topological polar surface area (TPSA) is 96.1 Å². The largest absolute Gasteiger partial charge is 0.311 e. The summed E-state index contributed by atoms with van der Waals surface area (Å²) >= 11 is 0. The normalized spacial score (nSPS) is 20.5. The molecule has 0 unspecified atom stereocenters. The van der Waals surface area contributed by atoms with Crippen LogP contribution in [0, 0.1) is 22.7 Å². The quantitative estimate of drug-likeness (QED) is 0.845. The molecule has 0 bridgehead atoms. The van der Waals surface area contributed by atoms with Gasteiger partial charge >= 0.3 is 0 Å². The van der Waals surface area contributed by atoms with E-state index in [9.17, 15) is 10.1 Å². The molecule has 0 radical (unpaired) electrons. The lowest BCUT2D eigenvalue weighted by molar-refractivity contribution is -0.136. The number of amides is 1. The lowest BCUT2D eigenvalue weighted by atomic mass is 10.1. The Bertz CT molecular complexity index is 629. The van der Waals surface area contributed by atoms with Crippen LogP contribution in [0.25, 0.3) is 0 Å². The summed E-state index contributed by atoms with van der Waals surface area (Å²) in [6, 6.07) is 7.63. The van der Waals surface area contributed by atoms with Gasteiger partial charge in [-0.2, -0.15) is 15.5 Å². The molecule has 0 aliphatic carbocycles. The molecule has 1 N–H and O–H groups in total. The van der Waals surface area contributed by atoms with E-state index < -0.39 is 5.66 Å². The summed E-state index contributed by atoms with van der Waals surface area (Å²) in [5, 5.41) is 20.2. The van der Waals surface area contributed by atoms with E-state index in [1.165, 1.54) is 13.1 Å². The number of anilines is 1. The number of rotatable bonds is 4. The molecule has 22 heavy (non-hydrogen) atoms. The van der Waals surface area contributed by atoms with Crippen LogP contribution in [-0.2, 0) is 4.79 Å². The lowest BCUT2D eigenvalue weighted by Crippen LogP contribution is -2.59. The van der Waals surface area contributed by atoms with Crippen molar-refractivity contribution in [3.63, 3.8) is 0 Å². The van der Waals surface area contributed by atoms with Crippen LogP contribution in [0.5, 0.6) is 0 Å². The SMILES string of the molecule is CCN(Nc1ccc(C#N)cn1)[C@]1(C#N)CCCN1C(C)=O. The Morgan fingerprint density at radius 1 is 1.55 bits per heavy atom. The summed E-state index contributed by atoms with van der Waals surface area (Å²) in [5.41, 5.74) is 2.56. The highest BCUT2D eigenvalue weighted by atomic mass is 16.2. The van der Waals surface area contributed by atoms with E-state index in [0.29, 0.717) is 30.9 Å². The summed E-state index contributed by atoms with van der Waals surface area (Å²) in [6.07, 6.45) is 2.83. The third kappa shape index (κ3) is 2.72. The van der Waals surface area contributed by atoms with Crippen molar-refractivity contribution >= 4 is 11.7 Å². The van der Waals surface area contributed by atoms with Gasteiger partial charge in [-0.25, -0.2) is 4.98 Å². The van der Waals surface area contributed by atoms with Crippen LogP contribution in [0.3, 0.4) is 0 Å². The van der Waals surface area contributed by atoms with Crippen molar-refractivity contribution in [2.45, 2.75) is 32.4 Å². The first kappa shape index (κ1) is 15.7. The van der Waals surface area contributed by atoms with E-state index in [-0.39, 0.29) is 5.91 Å². The zero-order chi connectivity index (χ0) is 16.2. The molecule has 1 fully saturated rings. The number of nitriles is 2. The number of hydrogen-bond donors (Lipinski definition) is 1. The minimum atomic E-state index is -1.00. The Balaban J connectivity index is 2.27. The first-order valence-electron chi connectivity index (χ1n) is 7.17. The van der Waals surface area contributed by atoms with Gasteiger partial charge in [0.15, 0.2) is 0 Å². The van der Waals surface area contributed by atoms with Crippen LogP contribution in [0.15, 0.2) is 18.3 Å². The standard InChI is InChI=1S/C15H18N6O/c1-3-21(19-14-6-5-13(9-16)10-18-14)15(11-17)7-4-8-20(15)12(2)22/h5-6,10H,3-4,7-8H2,1-2H3,(H,18,19)/t15-/m0/s1. The number of carbonyl (C=O) groups excluding carboxylic acids is 1. The smallest absolute Gasteiger partial charge is 0.221 e. The Morgan fingerprint density at radius 2 is 2.32 bits per heavy atom. The van der Waals surface area contributed by atoms with Gasteiger partial charge < -0.3 is 10.3 Å². The van der Waals surface area contributed by atoms with E-state index in [0.717, 1.165) is 6.42 Å². The van der Waals surface area contributed by atoms with Gasteiger partial charge in [0.25, 0.3) is 0 Å². The van der Waals surface area contributed by atoms with E-state index in [2.05, 4.69) is 16.5 Å². The van der Waals surface area contributed by atoms with Gasteiger partial charge in [0.1, 0.15) is 18.0 Å². The van der Waals surface area contributed by atoms with Crippen molar-refractivity contribution in [3.8, 4) is 12.1 Å². The molecular weight excluding hydrogens is 280 g/mol. The summed E-state index contributed by atoms with van der Waals surface area (Å²) in [7, 11) is 0. The van der Waals surface area contributed by atoms with Crippen molar-refractivity contribution in [2.24, 2.45) is 0 Å². The van der Waals surface area contributed by atoms with Gasteiger partial charge in [0.2, 0.25) is 11.6 Å². The molecule has 0 aromatic carbocycles. The highest BCUT2D eigenvalue weighted by molar-refractivity contribution is 5.75. The zero-order valence-electron chi connectivity index (χ0n) is 12.7. The molecule has 114 valence electrons. The first-order valence-corrected chi connectivity index (χ1v) is 7.17. The molecule has 1 aromatic rings. The van der Waals surface area contributed by atoms with Crippen LogP contribution in [0.4, 0.5) is 5.82 Å². The third-order valence-corrected chi connectivity index (χ3v) is 3.82. The van der Waals surface area contributed by atoms with Gasteiger partial charge in [0.05, 0.1) is 5.56 Å². The predicted octanol–water partition coefficient (Wildman–Crippen LogP) is 1.46. The Kier molecular flexibility index (Phi) is 4.59. The number of hydrazine groups is 1. The van der Waals surface area contributed by atoms with Gasteiger partial charge in [-0.15, -0.1) is 0 Å². The summed E-state index contributed by atoms with van der Waals surface area (Å²) in [4.78, 5) is 17.6. The number of nitrogens with one attached hydrogen (secondary N) is 1. The van der Waals surface area contributed by atoms with Gasteiger partial charge in [-0.1, -0.05) is 6.92 Å². The fraction of sp³-hybridized carbons (Fsp3) is 0.467. The molecule has 2 rings (SSSR count). The number of hydrogen-bond acceptors (Lipinski definition) is 6. The number of carbonyl (C=O) groups is 1. The molecule has 1 aliphatic rings. The maximum atomic E-state index is 11.8. The molecule has 0 saturated carbocycles. The Morgan fingerprint density at radius 3 is 2.82 bits per heavy atom. The minimum Gasteiger partial charge on any atom is -0.311 e. The predicted molar refractivity (Wildman–Crippen MR) is 79.9 cm³/mol. The number of nitrogens with zero attached hydrogens (tertiary/aromatic N) is 5. The van der Waals surface area contributed by atoms with Crippen molar-refractivity contribution in [2.75, 3.05) is 18.5 Å². The highest BCUT2D eigenvalue weighted by Crippen LogP contribution is 2.32. The molecule has 2 heterocycles. The van der Waals surface area contributed by atoms with Gasteiger partial charge in [-0.05, 0) is 18.6 Å². The second-order valence-electron chi connectivity index (χ2n) is 5.10. The molecule has 7 heteroatoms. The third-order valence-electron chi connectivity index (χ3n) is 3.82. The molecule has 1 saturated heterocycles. The maximum absolute atomic E-state index is 11.8. The van der Waals surface area contributed by atoms with Crippen LogP contribution in [-0.4, -0.2) is 39.6 Å². The first-order chi connectivity index (χ1) is 10.6. The highest BCUT2D eigenvalue weighted by Gasteiger charge is 2.47. The van der Waals surface area contributed by atoms with Crippen molar-refractivity contribution < 1.29 is 4.79 Å². The van der Waals surface area contributed by atoms with E-state index in [1.807, 2.05) is 13.0 Å². The van der Waals surface area contributed by atoms with Gasteiger partial charge in [0, 0.05) is 32.6 Å². The monoisotopic (exact) mass is 298 g/mol. The Hall–Kier alpha value is -2.64. The number of likely N-dealkylation sites (tertiary alicyclic amines) is 1. The fourth-order valence-corrected chi connectivity index (χ4v) is 2.78. The summed E-state index contributed by atoms with van der Waals surface area (Å²) in [6.45, 7) is 4.48. The van der Waals surface area contributed by atoms with Crippen LogP contribution < -0.4 is 5.43 Å². The summed E-state index contributed by atoms with van der Waals surface area (Å²) in [5.74, 6) is 0.415. The van der Waals surface area contributed by atoms with Crippen LogP contribution >= 0.6 is 0 Å². The molecule has 7 nitrogen and oxygen atoms in total. The minimum absolute atomic E-state index is 0.118. The van der Waals surface area contributed by atoms with E-state index in [4.69, 9.17) is 5.26 Å². The Labute approximate surface area is 129 Å². The van der Waals surface area contributed by atoms with Crippen molar-refractivity contribution in [1.82, 2.24) is 14.9 Å². The van der Waals surface area contributed by atoms with Gasteiger partial charge in [-0.3, -0.25) is 4.79 Å². The van der Waals surface area contributed by atoms with Crippen LogP contribution in [0.1, 0.15) is 32.3 Å². The van der Waals surface area contributed by atoms with E-state index in [1.54, 1.807) is 22.0 Å². The molecule has 0 spiro atoms. The molecule has 1 atom stereocenters. The maximum Gasteiger partial charge on any atom is 0.221 e. The second-order valence-corrected chi connectivity index (χ2v) is 5.10. The average Bonchev–Trinajstić information content (AvgIpc) is 2.98. The molecular formula is C15H18N6O. The lowest BCUT2D eigenvalue weighted by Gasteiger charge is -2.41. The zero-order valence-corrected chi connectivity index (χ0v) is 12.7. The molecule has 1 aromatic heterocycles. The van der Waals surface area contributed by atoms with E-state index >= 15 is 0 Å². The summed E-state index contributed by atoms with van der Waals surface area (Å²) < 4.78 is 0. The second kappa shape index (κ2) is 6.42. The van der Waals surface area contributed by atoms with Crippen molar-refractivity contribution in [1.29, 1.82) is 10.5 Å². The molecule has 1 aliphatic heterocycles. The average molecular weight is 298 g/mol.